The molecule has 8 bridgehead atoms. The van der Waals surface area contributed by atoms with Crippen LogP contribution in [0.25, 0.3) is 90.4 Å². The fourth-order valence-corrected chi connectivity index (χ4v) is 8.07. The van der Waals surface area contributed by atoms with E-state index in [1.807, 2.05) is 78.9 Å². The molecule has 0 saturated heterocycles. The molecule has 10 rings (SSSR count). The molecule has 0 radical (unpaired) electrons. The Balaban J connectivity index is 1.33. The summed E-state index contributed by atoms with van der Waals surface area (Å²) >= 11 is 0. The van der Waals surface area contributed by atoms with Crippen LogP contribution in [0, 0.1) is 10.1 Å². The lowest BCUT2D eigenvalue weighted by atomic mass is 9.98. The van der Waals surface area contributed by atoms with Crippen molar-refractivity contribution < 1.29 is 9.72 Å². The third kappa shape index (κ3) is 7.08. The summed E-state index contributed by atoms with van der Waals surface area (Å²) in [7, 11) is 0. The minimum absolute atomic E-state index is 0.0809. The average molecular weight is 790 g/mol. The maximum Gasteiger partial charge on any atom is 0.269 e. The minimum Gasteiger partial charge on any atom is -0.354 e. The van der Waals surface area contributed by atoms with E-state index in [1.54, 1.807) is 6.08 Å². The molecular formula is C53H35N5O3. The molecule has 2 N–H and O–H groups in total. The second-order valence-corrected chi connectivity index (χ2v) is 14.7. The molecule has 2 aliphatic rings. The van der Waals surface area contributed by atoms with Gasteiger partial charge in [0.05, 0.1) is 27.7 Å². The number of allylic oxidation sites excluding steroid dienone is 3. The zero-order chi connectivity index (χ0) is 41.3. The fourth-order valence-electron chi connectivity index (χ4n) is 8.07. The molecule has 0 unspecified atom stereocenters. The summed E-state index contributed by atoms with van der Waals surface area (Å²) in [4.78, 5) is 43.0. The third-order valence-electron chi connectivity index (χ3n) is 10.9. The highest BCUT2D eigenvalue weighted by Gasteiger charge is 2.22. The monoisotopic (exact) mass is 789 g/mol. The van der Waals surface area contributed by atoms with E-state index in [9.17, 15) is 14.9 Å². The van der Waals surface area contributed by atoms with Gasteiger partial charge in [-0.3, -0.25) is 14.9 Å². The van der Waals surface area contributed by atoms with Gasteiger partial charge in [0.15, 0.2) is 5.78 Å². The second-order valence-electron chi connectivity index (χ2n) is 14.7. The van der Waals surface area contributed by atoms with Crippen molar-refractivity contribution >= 4 is 57.3 Å². The highest BCUT2D eigenvalue weighted by molar-refractivity contribution is 6.09. The Morgan fingerprint density at radius 2 is 0.902 bits per heavy atom. The standard InChI is InChI=1S/C53H35N5O3/c59-48(34-21-24-40(25-22-34)58(60)61)32-23-39-33-47-51(37-17-9-3-10-18-37)45-29-28-43(55-45)49(35-13-5-1-6-14-35)41-26-27-42(54-41)50(36-15-7-2-8-16-36)44-30-31-46(56-44)52(53(39)57-47)38-19-11-4-12-20-38/h1-33,55-56H/b32-23-,49-41?,49-43?,50-42?,50-44?,51-45?,51-47?,52-46?,53-52?. The van der Waals surface area contributed by atoms with Gasteiger partial charge in [-0.2, -0.15) is 0 Å². The van der Waals surface area contributed by atoms with E-state index in [2.05, 4.69) is 94.9 Å². The molecular weight excluding hydrogens is 755 g/mol. The minimum atomic E-state index is -0.479. The van der Waals surface area contributed by atoms with E-state index < -0.39 is 4.92 Å². The molecule has 0 atom stereocenters. The lowest BCUT2D eigenvalue weighted by Gasteiger charge is -2.08. The number of non-ortho nitro benzene ring substituents is 1. The Morgan fingerprint density at radius 1 is 0.492 bits per heavy atom. The van der Waals surface area contributed by atoms with Crippen LogP contribution in [-0.2, 0) is 0 Å². The number of hydrogen-bond donors (Lipinski definition) is 2. The Hall–Kier alpha value is -8.49. The predicted molar refractivity (Wildman–Crippen MR) is 246 cm³/mol. The van der Waals surface area contributed by atoms with Crippen molar-refractivity contribution in [2.75, 3.05) is 0 Å². The number of aromatic nitrogens is 4. The normalized spacial score (nSPS) is 12.1. The molecule has 290 valence electrons. The van der Waals surface area contributed by atoms with Crippen molar-refractivity contribution in [3.05, 3.63) is 220 Å². The number of carbonyl (C=O) groups excluding carboxylic acids is 1. The van der Waals surface area contributed by atoms with E-state index >= 15 is 0 Å². The summed E-state index contributed by atoms with van der Waals surface area (Å²) < 4.78 is 0. The van der Waals surface area contributed by atoms with Crippen LogP contribution in [0.3, 0.4) is 0 Å². The number of nitrogens with zero attached hydrogens (tertiary/aromatic N) is 3. The molecule has 5 heterocycles. The smallest absolute Gasteiger partial charge is 0.269 e. The van der Waals surface area contributed by atoms with Gasteiger partial charge >= 0.3 is 0 Å². The largest absolute Gasteiger partial charge is 0.354 e. The predicted octanol–water partition coefficient (Wildman–Crippen LogP) is 13.0. The zero-order valence-electron chi connectivity index (χ0n) is 32.6. The maximum absolute atomic E-state index is 13.7. The molecule has 0 fully saturated rings. The number of benzene rings is 5. The average Bonchev–Trinajstić information content (AvgIpc) is 4.15. The van der Waals surface area contributed by atoms with E-state index in [0.717, 1.165) is 83.5 Å². The summed E-state index contributed by atoms with van der Waals surface area (Å²) in [5.74, 6) is -0.292. The quantitative estimate of drug-likeness (QED) is 0.0688. The molecule has 5 aromatic carbocycles. The molecule has 0 amide bonds. The Morgan fingerprint density at radius 3 is 1.34 bits per heavy atom. The lowest BCUT2D eigenvalue weighted by Crippen LogP contribution is -1.96. The molecule has 8 aromatic rings. The topological polar surface area (TPSA) is 118 Å². The van der Waals surface area contributed by atoms with Gasteiger partial charge in [-0.25, -0.2) is 9.97 Å². The first-order valence-corrected chi connectivity index (χ1v) is 19.9. The molecule has 2 aliphatic heterocycles. The van der Waals surface area contributed by atoms with Gasteiger partial charge in [0.1, 0.15) is 0 Å². The molecule has 8 heteroatoms. The molecule has 0 spiro atoms. The van der Waals surface area contributed by atoms with E-state index in [-0.39, 0.29) is 11.5 Å². The number of H-pyrrole nitrogens is 2. The fraction of sp³-hybridized carbons (Fsp3) is 0. The molecule has 0 saturated carbocycles. The Bertz CT molecular complexity index is 3260. The molecule has 8 nitrogen and oxygen atoms in total. The number of rotatable bonds is 8. The second kappa shape index (κ2) is 15.7. The van der Waals surface area contributed by atoms with Gasteiger partial charge in [-0.05, 0) is 89.0 Å². The lowest BCUT2D eigenvalue weighted by molar-refractivity contribution is -0.384. The molecule has 61 heavy (non-hydrogen) atoms. The van der Waals surface area contributed by atoms with Crippen molar-refractivity contribution in [2.45, 2.75) is 0 Å². The van der Waals surface area contributed by atoms with Gasteiger partial charge in [-0.15, -0.1) is 0 Å². The number of nitro benzene ring substituents is 1. The van der Waals surface area contributed by atoms with E-state index in [1.165, 1.54) is 30.3 Å². The number of carbonyl (C=O) groups is 1. The van der Waals surface area contributed by atoms with Crippen molar-refractivity contribution in [3.8, 4) is 44.5 Å². The van der Waals surface area contributed by atoms with Crippen LogP contribution in [-0.4, -0.2) is 30.6 Å². The van der Waals surface area contributed by atoms with Crippen molar-refractivity contribution in [1.29, 1.82) is 0 Å². The van der Waals surface area contributed by atoms with E-state index in [0.29, 0.717) is 17.0 Å². The van der Waals surface area contributed by atoms with Crippen LogP contribution in [0.1, 0.15) is 33.1 Å². The number of nitrogens with one attached hydrogen (secondary N) is 2. The maximum atomic E-state index is 13.7. The first-order valence-electron chi connectivity index (χ1n) is 19.9. The van der Waals surface area contributed by atoms with Crippen LogP contribution in [0.15, 0.2) is 182 Å². The van der Waals surface area contributed by atoms with Crippen LogP contribution < -0.4 is 0 Å². The summed E-state index contributed by atoms with van der Waals surface area (Å²) in [6, 6.07) is 54.8. The third-order valence-corrected chi connectivity index (χ3v) is 10.9. The van der Waals surface area contributed by atoms with Gasteiger partial charge in [0.25, 0.3) is 5.69 Å². The first kappa shape index (κ1) is 36.8. The molecule has 3 aromatic heterocycles. The van der Waals surface area contributed by atoms with Crippen molar-refractivity contribution in [2.24, 2.45) is 0 Å². The van der Waals surface area contributed by atoms with Crippen LogP contribution in [0.2, 0.25) is 0 Å². The molecule has 0 aliphatic carbocycles. The first-order chi connectivity index (χ1) is 30.0. The zero-order valence-corrected chi connectivity index (χ0v) is 32.6. The van der Waals surface area contributed by atoms with Crippen molar-refractivity contribution in [1.82, 2.24) is 19.9 Å². The highest BCUT2D eigenvalue weighted by atomic mass is 16.6. The summed E-state index contributed by atoms with van der Waals surface area (Å²) in [5, 5.41) is 11.3. The Labute approximate surface area is 350 Å². The van der Waals surface area contributed by atoms with Gasteiger partial charge in [0, 0.05) is 67.6 Å². The van der Waals surface area contributed by atoms with Crippen molar-refractivity contribution in [3.63, 3.8) is 0 Å². The van der Waals surface area contributed by atoms with Gasteiger partial charge in [-0.1, -0.05) is 121 Å². The number of fused-ring (bicyclic) bond motifs is 8. The number of nitro groups is 1. The highest BCUT2D eigenvalue weighted by Crippen LogP contribution is 2.40. The number of aromatic amines is 2. The number of ketones is 1. The SMILES string of the molecule is O=C(/C=C\C1=Cc2nc1c(-c1ccccc1)c1ccc([nH]1)c(-c1ccccc1)c1nc(c(-c3ccccc3)c3ccc([nH]3)c2-c2ccccc2)C=C1)c1ccc([N+](=O)[O-])cc1. The Kier molecular flexibility index (Phi) is 9.47. The number of hydrogen-bond acceptors (Lipinski definition) is 5. The summed E-state index contributed by atoms with van der Waals surface area (Å²) in [5.41, 5.74) is 15.0. The van der Waals surface area contributed by atoms with E-state index in [4.69, 9.17) is 9.97 Å². The van der Waals surface area contributed by atoms with Gasteiger partial charge in [0.2, 0.25) is 0 Å². The summed E-state index contributed by atoms with van der Waals surface area (Å²) in [6.45, 7) is 0. The van der Waals surface area contributed by atoms with Crippen LogP contribution in [0.4, 0.5) is 5.69 Å². The summed E-state index contributed by atoms with van der Waals surface area (Å²) in [6.07, 6.45) is 9.50. The van der Waals surface area contributed by atoms with Crippen LogP contribution in [0.5, 0.6) is 0 Å². The van der Waals surface area contributed by atoms with Gasteiger partial charge < -0.3 is 9.97 Å². The van der Waals surface area contributed by atoms with Crippen LogP contribution >= 0.6 is 0 Å².